The zero-order valence-corrected chi connectivity index (χ0v) is 18.4. The van der Waals surface area contributed by atoms with Crippen LogP contribution < -0.4 is 15.4 Å². The SMILES string of the molecule is COc1ccc(C(=O)N[C@@H](CCSC)C(=O)Nc2ccc(-c3nccs3)cc2)cc1. The summed E-state index contributed by atoms with van der Waals surface area (Å²) in [6.45, 7) is 0. The summed E-state index contributed by atoms with van der Waals surface area (Å²) >= 11 is 3.19. The second-order valence-electron chi connectivity index (χ2n) is 6.44. The molecule has 1 aromatic heterocycles. The molecule has 3 rings (SSSR count). The molecule has 156 valence electrons. The normalized spacial score (nSPS) is 11.5. The maximum atomic E-state index is 12.8. The molecule has 0 aliphatic carbocycles. The van der Waals surface area contributed by atoms with E-state index in [0.717, 1.165) is 16.3 Å². The van der Waals surface area contributed by atoms with E-state index in [9.17, 15) is 9.59 Å². The van der Waals surface area contributed by atoms with Crippen molar-refractivity contribution in [2.75, 3.05) is 24.4 Å². The van der Waals surface area contributed by atoms with Crippen LogP contribution >= 0.6 is 23.1 Å². The number of carbonyl (C=O) groups is 2. The van der Waals surface area contributed by atoms with Crippen LogP contribution in [0.3, 0.4) is 0 Å². The topological polar surface area (TPSA) is 80.3 Å². The number of thiazole rings is 1. The summed E-state index contributed by atoms with van der Waals surface area (Å²) in [5.74, 6) is 0.889. The number of thioether (sulfide) groups is 1. The highest BCUT2D eigenvalue weighted by Crippen LogP contribution is 2.23. The third kappa shape index (κ3) is 5.84. The summed E-state index contributed by atoms with van der Waals surface area (Å²) in [5.41, 5.74) is 2.15. The van der Waals surface area contributed by atoms with Gasteiger partial charge in [0.05, 0.1) is 7.11 Å². The van der Waals surface area contributed by atoms with Gasteiger partial charge >= 0.3 is 0 Å². The van der Waals surface area contributed by atoms with E-state index in [4.69, 9.17) is 4.74 Å². The molecule has 6 nitrogen and oxygen atoms in total. The Balaban J connectivity index is 1.66. The van der Waals surface area contributed by atoms with Gasteiger partial charge < -0.3 is 15.4 Å². The number of anilines is 1. The Bertz CT molecular complexity index is 958. The Labute approximate surface area is 184 Å². The molecule has 0 saturated heterocycles. The summed E-state index contributed by atoms with van der Waals surface area (Å²) in [4.78, 5) is 29.7. The number of hydrogen-bond acceptors (Lipinski definition) is 6. The first-order valence-corrected chi connectivity index (χ1v) is 11.6. The Kier molecular flexibility index (Phi) is 7.87. The van der Waals surface area contributed by atoms with E-state index >= 15 is 0 Å². The van der Waals surface area contributed by atoms with Gasteiger partial charge in [-0.05, 0) is 67.0 Å². The molecule has 2 amide bonds. The molecule has 0 aliphatic rings. The average molecular weight is 442 g/mol. The lowest BCUT2D eigenvalue weighted by Crippen LogP contribution is -2.44. The summed E-state index contributed by atoms with van der Waals surface area (Å²) < 4.78 is 5.12. The van der Waals surface area contributed by atoms with Crippen molar-refractivity contribution in [1.29, 1.82) is 0 Å². The summed E-state index contributed by atoms with van der Waals surface area (Å²) in [7, 11) is 1.57. The minimum Gasteiger partial charge on any atom is -0.497 e. The largest absolute Gasteiger partial charge is 0.497 e. The van der Waals surface area contributed by atoms with Crippen molar-refractivity contribution in [3.05, 3.63) is 65.7 Å². The highest BCUT2D eigenvalue weighted by atomic mass is 32.2. The standard InChI is InChI=1S/C22H23N3O3S2/c1-28-18-9-5-15(6-10-18)20(26)25-19(11-13-29-2)21(27)24-17-7-3-16(4-8-17)22-23-12-14-30-22/h3-10,12,14,19H,11,13H2,1-2H3,(H,24,27)(H,25,26)/t19-/m0/s1. The van der Waals surface area contributed by atoms with Gasteiger partial charge in [-0.3, -0.25) is 9.59 Å². The maximum Gasteiger partial charge on any atom is 0.251 e. The fraction of sp³-hybridized carbons (Fsp3) is 0.227. The fourth-order valence-electron chi connectivity index (χ4n) is 2.78. The van der Waals surface area contributed by atoms with Gasteiger partial charge in [-0.15, -0.1) is 11.3 Å². The molecule has 2 N–H and O–H groups in total. The molecule has 1 atom stereocenters. The van der Waals surface area contributed by atoms with Crippen LogP contribution in [-0.2, 0) is 4.79 Å². The Morgan fingerprint density at radius 2 is 1.87 bits per heavy atom. The molecule has 2 aromatic carbocycles. The van der Waals surface area contributed by atoms with Crippen molar-refractivity contribution >= 4 is 40.6 Å². The van der Waals surface area contributed by atoms with E-state index in [-0.39, 0.29) is 11.8 Å². The molecule has 0 fully saturated rings. The first kappa shape index (κ1) is 21.9. The minimum atomic E-state index is -0.634. The number of hydrogen-bond donors (Lipinski definition) is 2. The molecule has 3 aromatic rings. The van der Waals surface area contributed by atoms with Gasteiger partial charge in [0.15, 0.2) is 0 Å². The highest BCUT2D eigenvalue weighted by Gasteiger charge is 2.21. The molecule has 0 radical (unpaired) electrons. The van der Waals surface area contributed by atoms with E-state index in [1.165, 1.54) is 0 Å². The first-order chi connectivity index (χ1) is 14.6. The molecule has 0 saturated carbocycles. The molecular formula is C22H23N3O3S2. The second kappa shape index (κ2) is 10.8. The quantitative estimate of drug-likeness (QED) is 0.517. The van der Waals surface area contributed by atoms with E-state index in [2.05, 4.69) is 15.6 Å². The van der Waals surface area contributed by atoms with Crippen LogP contribution in [0.1, 0.15) is 16.8 Å². The van der Waals surface area contributed by atoms with Gasteiger partial charge in [0.2, 0.25) is 5.91 Å². The predicted molar refractivity (Wildman–Crippen MR) is 123 cm³/mol. The Morgan fingerprint density at radius 3 is 2.47 bits per heavy atom. The van der Waals surface area contributed by atoms with Gasteiger partial charge in [0.1, 0.15) is 16.8 Å². The Morgan fingerprint density at radius 1 is 1.13 bits per heavy atom. The van der Waals surface area contributed by atoms with Crippen molar-refractivity contribution in [3.63, 3.8) is 0 Å². The van der Waals surface area contributed by atoms with Crippen LogP contribution in [0, 0.1) is 0 Å². The lowest BCUT2D eigenvalue weighted by Gasteiger charge is -2.18. The van der Waals surface area contributed by atoms with Gasteiger partial charge in [0, 0.05) is 28.4 Å². The van der Waals surface area contributed by atoms with Crippen molar-refractivity contribution in [2.24, 2.45) is 0 Å². The van der Waals surface area contributed by atoms with Gasteiger partial charge in [-0.2, -0.15) is 11.8 Å². The summed E-state index contributed by atoms with van der Waals surface area (Å²) in [5, 5.41) is 8.60. The lowest BCUT2D eigenvalue weighted by molar-refractivity contribution is -0.118. The number of rotatable bonds is 9. The monoisotopic (exact) mass is 441 g/mol. The third-order valence-electron chi connectivity index (χ3n) is 4.42. The number of ether oxygens (including phenoxy) is 1. The fourth-order valence-corrected chi connectivity index (χ4v) is 3.90. The molecule has 8 heteroatoms. The smallest absolute Gasteiger partial charge is 0.251 e. The zero-order chi connectivity index (χ0) is 21.3. The van der Waals surface area contributed by atoms with Crippen molar-refractivity contribution in [2.45, 2.75) is 12.5 Å². The van der Waals surface area contributed by atoms with E-state index in [0.29, 0.717) is 23.4 Å². The third-order valence-corrected chi connectivity index (χ3v) is 5.88. The van der Waals surface area contributed by atoms with Crippen LogP contribution in [0.15, 0.2) is 60.1 Å². The van der Waals surface area contributed by atoms with E-state index in [1.807, 2.05) is 35.9 Å². The number of carbonyl (C=O) groups excluding carboxylic acids is 2. The van der Waals surface area contributed by atoms with Crippen molar-refractivity contribution in [1.82, 2.24) is 10.3 Å². The van der Waals surface area contributed by atoms with E-state index in [1.54, 1.807) is 60.7 Å². The first-order valence-electron chi connectivity index (χ1n) is 9.35. The summed E-state index contributed by atoms with van der Waals surface area (Å²) in [6.07, 6.45) is 4.27. The molecule has 0 bridgehead atoms. The van der Waals surface area contributed by atoms with Gasteiger partial charge in [0.25, 0.3) is 5.91 Å². The lowest BCUT2D eigenvalue weighted by atomic mass is 10.1. The number of nitrogens with one attached hydrogen (secondary N) is 2. The van der Waals surface area contributed by atoms with Crippen LogP contribution in [0.25, 0.3) is 10.6 Å². The van der Waals surface area contributed by atoms with Crippen LogP contribution in [0.5, 0.6) is 5.75 Å². The predicted octanol–water partition coefficient (Wildman–Crippen LogP) is 4.31. The molecule has 30 heavy (non-hydrogen) atoms. The maximum absolute atomic E-state index is 12.8. The van der Waals surface area contributed by atoms with Crippen molar-refractivity contribution in [3.8, 4) is 16.3 Å². The van der Waals surface area contributed by atoms with Crippen LogP contribution in [0.2, 0.25) is 0 Å². The van der Waals surface area contributed by atoms with Crippen molar-refractivity contribution < 1.29 is 14.3 Å². The second-order valence-corrected chi connectivity index (χ2v) is 8.32. The number of methoxy groups -OCH3 is 1. The zero-order valence-electron chi connectivity index (χ0n) is 16.8. The number of nitrogens with zero attached hydrogens (tertiary/aromatic N) is 1. The van der Waals surface area contributed by atoms with E-state index < -0.39 is 6.04 Å². The molecule has 0 unspecified atom stereocenters. The molecule has 1 heterocycles. The molecule has 0 spiro atoms. The van der Waals surface area contributed by atoms with Crippen LogP contribution in [-0.4, -0.2) is 42.0 Å². The number of amides is 2. The van der Waals surface area contributed by atoms with Crippen LogP contribution in [0.4, 0.5) is 5.69 Å². The number of aromatic nitrogens is 1. The number of benzene rings is 2. The van der Waals surface area contributed by atoms with Gasteiger partial charge in [-0.1, -0.05) is 0 Å². The molecular weight excluding hydrogens is 418 g/mol. The minimum absolute atomic E-state index is 0.243. The highest BCUT2D eigenvalue weighted by molar-refractivity contribution is 7.98. The summed E-state index contributed by atoms with van der Waals surface area (Å²) in [6, 6.07) is 13.7. The average Bonchev–Trinajstić information content (AvgIpc) is 3.32. The Hall–Kier alpha value is -2.84. The molecule has 0 aliphatic heterocycles. The van der Waals surface area contributed by atoms with Gasteiger partial charge in [-0.25, -0.2) is 4.98 Å².